The van der Waals surface area contributed by atoms with Crippen molar-refractivity contribution in [1.82, 2.24) is 0 Å². The average molecular weight is 219 g/mol. The van der Waals surface area contributed by atoms with Gasteiger partial charge in [-0.15, -0.1) is 0 Å². The van der Waals surface area contributed by atoms with Crippen LogP contribution < -0.4 is 11.1 Å². The first-order valence-corrected chi connectivity index (χ1v) is 4.76. The fourth-order valence-corrected chi connectivity index (χ4v) is 1.21. The van der Waals surface area contributed by atoms with Gasteiger partial charge in [0.25, 0.3) is 0 Å². The lowest BCUT2D eigenvalue weighted by molar-refractivity contribution is -0.125. The van der Waals surface area contributed by atoms with Crippen molar-refractivity contribution in [2.75, 3.05) is 11.9 Å². The molecule has 5 nitrogen and oxygen atoms in total. The topological polar surface area (TPSA) is 99.1 Å². The molecule has 5 heteroatoms. The normalized spacial score (nSPS) is 11.6. The van der Waals surface area contributed by atoms with E-state index in [4.69, 9.17) is 16.1 Å². The number of nitriles is 1. The van der Waals surface area contributed by atoms with Crippen molar-refractivity contribution in [3.8, 4) is 6.07 Å². The molecule has 0 aliphatic rings. The van der Waals surface area contributed by atoms with Gasteiger partial charge in [-0.25, -0.2) is 0 Å². The van der Waals surface area contributed by atoms with E-state index >= 15 is 0 Å². The van der Waals surface area contributed by atoms with Crippen LogP contribution in [0.15, 0.2) is 18.2 Å². The van der Waals surface area contributed by atoms with Gasteiger partial charge in [-0.1, -0.05) is 0 Å². The maximum Gasteiger partial charge on any atom is 0.248 e. The monoisotopic (exact) mass is 219 g/mol. The zero-order chi connectivity index (χ0) is 12.1. The molecular formula is C11H13N3O2. The fraction of sp³-hybridized carbons (Fsp3) is 0.273. The number of hydrogen-bond acceptors (Lipinski definition) is 4. The van der Waals surface area contributed by atoms with Gasteiger partial charge < -0.3 is 16.2 Å². The SMILES string of the molecule is Cc1cc(NCC(O)C(N)=O)ccc1C#N. The quantitative estimate of drug-likeness (QED) is 0.670. The molecule has 0 aliphatic carbocycles. The number of aryl methyl sites for hydroxylation is 1. The minimum absolute atomic E-state index is 0.0562. The molecule has 0 radical (unpaired) electrons. The highest BCUT2D eigenvalue weighted by atomic mass is 16.3. The Balaban J connectivity index is 2.66. The van der Waals surface area contributed by atoms with Crippen LogP contribution in [0.5, 0.6) is 0 Å². The lowest BCUT2D eigenvalue weighted by Gasteiger charge is -2.10. The van der Waals surface area contributed by atoms with Crippen LogP contribution in [0.4, 0.5) is 5.69 Å². The van der Waals surface area contributed by atoms with Gasteiger partial charge in [0.2, 0.25) is 5.91 Å². The molecule has 0 heterocycles. The summed E-state index contributed by atoms with van der Waals surface area (Å²) in [4.78, 5) is 10.6. The fourth-order valence-electron chi connectivity index (χ4n) is 1.21. The van der Waals surface area contributed by atoms with E-state index in [1.165, 1.54) is 0 Å². The van der Waals surface area contributed by atoms with Crippen LogP contribution in [0.3, 0.4) is 0 Å². The second-order valence-corrected chi connectivity index (χ2v) is 3.44. The van der Waals surface area contributed by atoms with Crippen molar-refractivity contribution in [2.45, 2.75) is 13.0 Å². The number of hydrogen-bond donors (Lipinski definition) is 3. The maximum absolute atomic E-state index is 10.6. The molecule has 4 N–H and O–H groups in total. The Kier molecular flexibility index (Phi) is 3.86. The second kappa shape index (κ2) is 5.14. The Labute approximate surface area is 93.5 Å². The summed E-state index contributed by atoms with van der Waals surface area (Å²) in [5, 5.41) is 20.8. The first kappa shape index (κ1) is 12.0. The molecule has 16 heavy (non-hydrogen) atoms. The Bertz CT molecular complexity index is 437. The van der Waals surface area contributed by atoms with E-state index in [0.29, 0.717) is 5.56 Å². The largest absolute Gasteiger partial charge is 0.382 e. The molecule has 1 aromatic carbocycles. The number of aliphatic hydroxyl groups is 1. The maximum atomic E-state index is 10.6. The predicted octanol–water partition coefficient (Wildman–Crippen LogP) is 0.125. The van der Waals surface area contributed by atoms with Crippen LogP contribution in [0, 0.1) is 18.3 Å². The summed E-state index contributed by atoms with van der Waals surface area (Å²) in [6.07, 6.45) is -1.21. The number of anilines is 1. The Morgan fingerprint density at radius 1 is 1.69 bits per heavy atom. The zero-order valence-corrected chi connectivity index (χ0v) is 8.90. The lowest BCUT2D eigenvalue weighted by Crippen LogP contribution is -2.34. The van der Waals surface area contributed by atoms with Gasteiger partial charge in [0.1, 0.15) is 6.10 Å². The van der Waals surface area contributed by atoms with E-state index in [2.05, 4.69) is 11.4 Å². The van der Waals surface area contributed by atoms with E-state index in [9.17, 15) is 4.79 Å². The molecule has 1 amide bonds. The van der Waals surface area contributed by atoms with Gasteiger partial charge >= 0.3 is 0 Å². The predicted molar refractivity (Wildman–Crippen MR) is 59.6 cm³/mol. The number of aliphatic hydroxyl groups excluding tert-OH is 1. The van der Waals surface area contributed by atoms with Gasteiger partial charge in [-0.05, 0) is 30.7 Å². The summed E-state index contributed by atoms with van der Waals surface area (Å²) in [6.45, 7) is 1.87. The van der Waals surface area contributed by atoms with Crippen LogP contribution in [-0.2, 0) is 4.79 Å². The molecule has 0 spiro atoms. The van der Waals surface area contributed by atoms with Crippen LogP contribution in [0.1, 0.15) is 11.1 Å². The number of carbonyl (C=O) groups is 1. The summed E-state index contributed by atoms with van der Waals surface area (Å²) in [6, 6.07) is 7.21. The lowest BCUT2D eigenvalue weighted by atomic mass is 10.1. The minimum Gasteiger partial charge on any atom is -0.382 e. The van der Waals surface area contributed by atoms with E-state index in [1.54, 1.807) is 18.2 Å². The van der Waals surface area contributed by atoms with Gasteiger partial charge in [0.05, 0.1) is 11.6 Å². The number of benzene rings is 1. The standard InChI is InChI=1S/C11H13N3O2/c1-7-4-9(3-2-8(7)5-12)14-6-10(15)11(13)16/h2-4,10,14-15H,6H2,1H3,(H2,13,16). The third kappa shape index (κ3) is 2.97. The Hall–Kier alpha value is -2.06. The molecule has 0 saturated carbocycles. The number of nitrogens with two attached hydrogens (primary N) is 1. The van der Waals surface area contributed by atoms with Crippen molar-refractivity contribution >= 4 is 11.6 Å². The second-order valence-electron chi connectivity index (χ2n) is 3.44. The van der Waals surface area contributed by atoms with Crippen LogP contribution >= 0.6 is 0 Å². The Morgan fingerprint density at radius 3 is 2.88 bits per heavy atom. The van der Waals surface area contributed by atoms with Crippen LogP contribution in [0.2, 0.25) is 0 Å². The number of carbonyl (C=O) groups excluding carboxylic acids is 1. The molecule has 1 atom stereocenters. The molecule has 1 rings (SSSR count). The smallest absolute Gasteiger partial charge is 0.248 e. The van der Waals surface area contributed by atoms with Crippen molar-refractivity contribution in [3.63, 3.8) is 0 Å². The number of primary amides is 1. The van der Waals surface area contributed by atoms with Crippen molar-refractivity contribution in [3.05, 3.63) is 29.3 Å². The number of nitrogens with zero attached hydrogens (tertiary/aromatic N) is 1. The highest BCUT2D eigenvalue weighted by Gasteiger charge is 2.09. The molecular weight excluding hydrogens is 206 g/mol. The van der Waals surface area contributed by atoms with Crippen molar-refractivity contribution in [2.24, 2.45) is 5.73 Å². The van der Waals surface area contributed by atoms with E-state index < -0.39 is 12.0 Å². The third-order valence-corrected chi connectivity index (χ3v) is 2.17. The summed E-state index contributed by atoms with van der Waals surface area (Å²) < 4.78 is 0. The van der Waals surface area contributed by atoms with Crippen molar-refractivity contribution in [1.29, 1.82) is 5.26 Å². The molecule has 0 fully saturated rings. The first-order valence-electron chi connectivity index (χ1n) is 4.76. The Morgan fingerprint density at radius 2 is 2.38 bits per heavy atom. The summed E-state index contributed by atoms with van der Waals surface area (Å²) in [7, 11) is 0. The molecule has 84 valence electrons. The number of nitrogens with one attached hydrogen (secondary N) is 1. The highest BCUT2D eigenvalue weighted by Crippen LogP contribution is 2.14. The van der Waals surface area contributed by atoms with E-state index in [-0.39, 0.29) is 6.54 Å². The number of amides is 1. The molecule has 0 aliphatic heterocycles. The van der Waals surface area contributed by atoms with E-state index in [1.807, 2.05) is 6.92 Å². The molecule has 0 aromatic heterocycles. The van der Waals surface area contributed by atoms with E-state index in [0.717, 1.165) is 11.3 Å². The summed E-state index contributed by atoms with van der Waals surface area (Å²) >= 11 is 0. The zero-order valence-electron chi connectivity index (χ0n) is 8.90. The van der Waals surface area contributed by atoms with Crippen LogP contribution in [0.25, 0.3) is 0 Å². The summed E-state index contributed by atoms with van der Waals surface area (Å²) in [5.41, 5.74) is 7.07. The van der Waals surface area contributed by atoms with Gasteiger partial charge in [-0.3, -0.25) is 4.79 Å². The molecule has 0 bridgehead atoms. The molecule has 0 saturated heterocycles. The first-order chi connectivity index (χ1) is 7.54. The van der Waals surface area contributed by atoms with Gasteiger partial charge in [-0.2, -0.15) is 5.26 Å². The third-order valence-electron chi connectivity index (χ3n) is 2.17. The molecule has 1 unspecified atom stereocenters. The average Bonchev–Trinajstić information content (AvgIpc) is 2.25. The van der Waals surface area contributed by atoms with Gasteiger partial charge in [0, 0.05) is 12.2 Å². The minimum atomic E-state index is -1.21. The molecule has 1 aromatic rings. The van der Waals surface area contributed by atoms with Crippen molar-refractivity contribution < 1.29 is 9.90 Å². The van der Waals surface area contributed by atoms with Crippen LogP contribution in [-0.4, -0.2) is 23.7 Å². The van der Waals surface area contributed by atoms with Gasteiger partial charge in [0.15, 0.2) is 0 Å². The summed E-state index contributed by atoms with van der Waals surface area (Å²) in [5.74, 6) is -0.766. The highest BCUT2D eigenvalue weighted by molar-refractivity contribution is 5.79. The number of rotatable bonds is 4.